The molecule has 70 valence electrons. The Bertz CT molecular complexity index is 170. The van der Waals surface area contributed by atoms with E-state index >= 15 is 0 Å². The summed E-state index contributed by atoms with van der Waals surface area (Å²) in [5.41, 5.74) is 0. The molecule has 2 atom stereocenters. The van der Waals surface area contributed by atoms with Gasteiger partial charge in [0.25, 0.3) is 0 Å². The van der Waals surface area contributed by atoms with Gasteiger partial charge in [-0.05, 0) is 20.0 Å². The molecule has 0 N–H and O–H groups in total. The Morgan fingerprint density at radius 3 is 2.54 bits per heavy atom. The molecule has 0 unspecified atom stereocenters. The third kappa shape index (κ3) is 3.45. The van der Waals surface area contributed by atoms with Gasteiger partial charge in [0.05, 0.1) is 12.7 Å². The molecule has 0 aromatic carbocycles. The minimum atomic E-state index is -0.502. The van der Waals surface area contributed by atoms with Gasteiger partial charge in [-0.1, -0.05) is 0 Å². The smallest absolute Gasteiger partial charge is 0.471 e. The van der Waals surface area contributed by atoms with Crippen molar-refractivity contribution in [3.8, 4) is 0 Å². The van der Waals surface area contributed by atoms with Crippen LogP contribution < -0.4 is 18.9 Å². The Morgan fingerprint density at radius 2 is 2.23 bits per heavy atom. The van der Waals surface area contributed by atoms with Crippen molar-refractivity contribution in [2.45, 2.75) is 31.8 Å². The van der Waals surface area contributed by atoms with E-state index in [0.717, 1.165) is 0 Å². The number of rotatable bonds is 3. The summed E-state index contributed by atoms with van der Waals surface area (Å²) >= 11 is 0. The van der Waals surface area contributed by atoms with Crippen LogP contribution in [0.15, 0.2) is 6.58 Å². The van der Waals surface area contributed by atoms with Crippen molar-refractivity contribution in [1.82, 2.24) is 0 Å². The number of hydrogen-bond acceptors (Lipinski definition) is 3. The summed E-state index contributed by atoms with van der Waals surface area (Å²) in [5.74, 6) is -0.502. The van der Waals surface area contributed by atoms with Crippen LogP contribution in [0.5, 0.6) is 0 Å². The maximum Gasteiger partial charge on any atom is 1.00 e. The molecule has 0 saturated carbocycles. The molecule has 4 heteroatoms. The van der Waals surface area contributed by atoms with E-state index in [9.17, 15) is 0 Å². The first-order valence-corrected chi connectivity index (χ1v) is 3.96. The van der Waals surface area contributed by atoms with Crippen LogP contribution in [-0.2, 0) is 14.2 Å². The molecule has 3 nitrogen and oxygen atoms in total. The fourth-order valence-corrected chi connectivity index (χ4v) is 1.23. The second-order valence-electron chi connectivity index (χ2n) is 3.23. The molecule has 0 radical (unpaired) electrons. The van der Waals surface area contributed by atoms with Crippen LogP contribution >= 0.6 is 0 Å². The fraction of sp³-hybridized carbons (Fsp3) is 0.778. The third-order valence-electron chi connectivity index (χ3n) is 1.82. The van der Waals surface area contributed by atoms with E-state index in [1.165, 1.54) is 0 Å². The van der Waals surface area contributed by atoms with Gasteiger partial charge in [-0.3, -0.25) is 6.58 Å². The second kappa shape index (κ2) is 5.19. The molecule has 1 aliphatic heterocycles. The molecule has 1 fully saturated rings. The Hall–Kier alpha value is 0.217. The van der Waals surface area contributed by atoms with Crippen molar-refractivity contribution in [2.24, 2.45) is 0 Å². The minimum absolute atomic E-state index is 0. The van der Waals surface area contributed by atoms with E-state index in [1.54, 1.807) is 7.11 Å². The topological polar surface area (TPSA) is 27.7 Å². The Labute approximate surface area is 91.6 Å². The zero-order valence-corrected chi connectivity index (χ0v) is 8.79. The summed E-state index contributed by atoms with van der Waals surface area (Å²) in [7, 11) is 1.61. The van der Waals surface area contributed by atoms with E-state index in [2.05, 4.69) is 12.7 Å². The molecular weight excluding hydrogens is 163 g/mol. The predicted molar refractivity (Wildman–Crippen MR) is 44.6 cm³/mol. The van der Waals surface area contributed by atoms with Gasteiger partial charge in [0.1, 0.15) is 0 Å². The van der Waals surface area contributed by atoms with Crippen LogP contribution in [-0.4, -0.2) is 31.7 Å². The zero-order valence-electron chi connectivity index (χ0n) is 8.79. The minimum Gasteiger partial charge on any atom is -0.471 e. The van der Waals surface area contributed by atoms with Gasteiger partial charge in [0, 0.05) is 7.11 Å². The monoisotopic (exact) mass is 178 g/mol. The molecule has 0 aliphatic carbocycles. The first-order valence-electron chi connectivity index (χ1n) is 3.96. The van der Waals surface area contributed by atoms with Crippen molar-refractivity contribution < 1.29 is 33.1 Å². The van der Waals surface area contributed by atoms with E-state index in [0.29, 0.717) is 6.61 Å². The normalized spacial score (nSPS) is 27.8. The zero-order chi connectivity index (χ0) is 9.19. The van der Waals surface area contributed by atoms with E-state index in [-0.39, 0.29) is 31.1 Å². The van der Waals surface area contributed by atoms with E-state index in [1.807, 2.05) is 13.8 Å². The van der Waals surface area contributed by atoms with Crippen LogP contribution in [0.2, 0.25) is 0 Å². The van der Waals surface area contributed by atoms with Gasteiger partial charge in [-0.2, -0.15) is 0 Å². The fourth-order valence-electron chi connectivity index (χ4n) is 1.23. The molecule has 0 bridgehead atoms. The molecule has 0 aromatic heterocycles. The SMILES string of the molecule is C=[C-][C@H](OC)[C@@H]1COC(C)(C)O1.[Li+]. The molecule has 1 aliphatic rings. The van der Waals surface area contributed by atoms with Crippen molar-refractivity contribution in [3.05, 3.63) is 12.7 Å². The largest absolute Gasteiger partial charge is 1.00 e. The molecule has 1 rings (SSSR count). The maximum absolute atomic E-state index is 5.54. The Morgan fingerprint density at radius 1 is 1.62 bits per heavy atom. The first kappa shape index (κ1) is 13.2. The van der Waals surface area contributed by atoms with Gasteiger partial charge < -0.3 is 20.3 Å². The molecule has 0 aromatic rings. The van der Waals surface area contributed by atoms with Crippen LogP contribution in [0.4, 0.5) is 0 Å². The van der Waals surface area contributed by atoms with Gasteiger partial charge in [-0.25, -0.2) is 0 Å². The quantitative estimate of drug-likeness (QED) is 0.375. The first-order chi connectivity index (χ1) is 5.59. The standard InChI is InChI=1S/C9H15O3.Li/c1-5-7(10-4)8-6-11-9(2,3)12-8;/h7-8H,1,6H2,2-4H3;/q-1;+1/t7-,8-;/m0./s1. The van der Waals surface area contributed by atoms with Gasteiger partial charge in [-0.15, -0.1) is 0 Å². The number of ether oxygens (including phenoxy) is 3. The molecule has 1 heterocycles. The molecule has 1 saturated heterocycles. The van der Waals surface area contributed by atoms with Crippen molar-refractivity contribution >= 4 is 0 Å². The van der Waals surface area contributed by atoms with Gasteiger partial charge in [0.2, 0.25) is 0 Å². The summed E-state index contributed by atoms with van der Waals surface area (Å²) in [5, 5.41) is 0. The maximum atomic E-state index is 5.54. The van der Waals surface area contributed by atoms with Crippen molar-refractivity contribution in [3.63, 3.8) is 0 Å². The number of hydrogen-bond donors (Lipinski definition) is 0. The van der Waals surface area contributed by atoms with Crippen LogP contribution in [0.25, 0.3) is 0 Å². The molecule has 0 amide bonds. The van der Waals surface area contributed by atoms with Crippen LogP contribution in [0.3, 0.4) is 0 Å². The molecule has 13 heavy (non-hydrogen) atoms. The Kier molecular flexibility index (Phi) is 5.27. The number of methoxy groups -OCH3 is 1. The van der Waals surface area contributed by atoms with Crippen molar-refractivity contribution in [1.29, 1.82) is 0 Å². The summed E-state index contributed by atoms with van der Waals surface area (Å²) in [6.45, 7) is 7.83. The summed E-state index contributed by atoms with van der Waals surface area (Å²) < 4.78 is 16.0. The van der Waals surface area contributed by atoms with Gasteiger partial charge >= 0.3 is 18.9 Å². The average Bonchev–Trinajstić information content (AvgIpc) is 2.34. The average molecular weight is 178 g/mol. The van der Waals surface area contributed by atoms with Crippen LogP contribution in [0.1, 0.15) is 13.8 Å². The summed E-state index contributed by atoms with van der Waals surface area (Å²) in [4.78, 5) is 0. The third-order valence-corrected chi connectivity index (χ3v) is 1.82. The van der Waals surface area contributed by atoms with Gasteiger partial charge in [0.15, 0.2) is 5.79 Å². The van der Waals surface area contributed by atoms with E-state index < -0.39 is 5.79 Å². The second-order valence-corrected chi connectivity index (χ2v) is 3.23. The summed E-state index contributed by atoms with van der Waals surface area (Å²) in [6, 6.07) is 0. The predicted octanol–water partition coefficient (Wildman–Crippen LogP) is -1.85. The van der Waals surface area contributed by atoms with E-state index in [4.69, 9.17) is 14.2 Å². The molecule has 0 spiro atoms. The molecular formula is C9H15LiO3. The van der Waals surface area contributed by atoms with Crippen molar-refractivity contribution in [2.75, 3.05) is 13.7 Å². The Balaban J connectivity index is 0.00000144. The van der Waals surface area contributed by atoms with Crippen LogP contribution in [0, 0.1) is 6.08 Å². The summed E-state index contributed by atoms with van der Waals surface area (Å²) in [6.07, 6.45) is 2.47.